The summed E-state index contributed by atoms with van der Waals surface area (Å²) in [5.41, 5.74) is -0.488. The summed E-state index contributed by atoms with van der Waals surface area (Å²) in [7, 11) is 0. The predicted octanol–water partition coefficient (Wildman–Crippen LogP) is 1.89. The third-order valence-electron chi connectivity index (χ3n) is 2.32. The molecule has 0 spiro atoms. The van der Waals surface area contributed by atoms with E-state index >= 15 is 0 Å². The van der Waals surface area contributed by atoms with Crippen molar-refractivity contribution < 1.29 is 5.11 Å². The summed E-state index contributed by atoms with van der Waals surface area (Å²) < 4.78 is 0. The van der Waals surface area contributed by atoms with Crippen molar-refractivity contribution in [3.63, 3.8) is 0 Å². The van der Waals surface area contributed by atoms with Crippen molar-refractivity contribution in [2.45, 2.75) is 32.1 Å². The monoisotopic (exact) mass is 138 g/mol. The van der Waals surface area contributed by atoms with E-state index in [0.717, 1.165) is 25.7 Å². The lowest BCUT2D eigenvalue weighted by molar-refractivity contribution is 0.0783. The summed E-state index contributed by atoms with van der Waals surface area (Å²) in [6, 6.07) is 2.15. The second kappa shape index (κ2) is 3.03. The molecule has 1 rings (SSSR count). The zero-order valence-electron chi connectivity index (χ0n) is 6.10. The van der Waals surface area contributed by atoms with Crippen LogP contribution in [-0.4, -0.2) is 6.61 Å². The van der Waals surface area contributed by atoms with Gasteiger partial charge in [-0.2, -0.15) is 5.26 Å². The molecule has 10 heavy (non-hydrogen) atoms. The van der Waals surface area contributed by atoms with Crippen molar-refractivity contribution in [3.8, 4) is 6.07 Å². The highest BCUT2D eigenvalue weighted by atomic mass is 16.3. The first-order valence-electron chi connectivity index (χ1n) is 3.82. The van der Waals surface area contributed by atoms with Crippen molar-refractivity contribution in [2.75, 3.05) is 6.61 Å². The molecule has 2 nitrogen and oxygen atoms in total. The second-order valence-electron chi connectivity index (χ2n) is 3.10. The maximum atomic E-state index is 10.6. The highest BCUT2D eigenvalue weighted by Crippen LogP contribution is 2.34. The Morgan fingerprint density at radius 2 is 1.90 bits per heavy atom. The SMILES string of the molecule is N#CC1(C[O])CCCCC1. The van der Waals surface area contributed by atoms with Gasteiger partial charge >= 0.3 is 0 Å². The highest BCUT2D eigenvalue weighted by molar-refractivity contribution is 4.99. The Labute approximate surface area is 61.5 Å². The van der Waals surface area contributed by atoms with Crippen molar-refractivity contribution >= 4 is 0 Å². The fourth-order valence-corrected chi connectivity index (χ4v) is 1.52. The van der Waals surface area contributed by atoms with E-state index in [1.54, 1.807) is 0 Å². The van der Waals surface area contributed by atoms with Crippen molar-refractivity contribution in [3.05, 3.63) is 0 Å². The Hall–Kier alpha value is -0.550. The minimum atomic E-state index is -0.488. The molecule has 1 radical (unpaired) electrons. The molecule has 0 N–H and O–H groups in total. The van der Waals surface area contributed by atoms with Gasteiger partial charge in [0.15, 0.2) is 0 Å². The van der Waals surface area contributed by atoms with E-state index in [2.05, 4.69) is 6.07 Å². The number of rotatable bonds is 1. The van der Waals surface area contributed by atoms with Gasteiger partial charge in [-0.15, -0.1) is 0 Å². The minimum absolute atomic E-state index is 0.205. The van der Waals surface area contributed by atoms with E-state index in [9.17, 15) is 5.11 Å². The lowest BCUT2D eigenvalue weighted by Gasteiger charge is -2.27. The number of nitriles is 1. The summed E-state index contributed by atoms with van der Waals surface area (Å²) in [4.78, 5) is 0. The molecule has 1 saturated carbocycles. The van der Waals surface area contributed by atoms with Crippen molar-refractivity contribution in [1.82, 2.24) is 0 Å². The van der Waals surface area contributed by atoms with Gasteiger partial charge in [-0.25, -0.2) is 5.11 Å². The maximum absolute atomic E-state index is 10.6. The lowest BCUT2D eigenvalue weighted by atomic mass is 9.76. The first-order valence-corrected chi connectivity index (χ1v) is 3.82. The van der Waals surface area contributed by atoms with Gasteiger partial charge in [0, 0.05) is 0 Å². The fourth-order valence-electron chi connectivity index (χ4n) is 1.52. The predicted molar refractivity (Wildman–Crippen MR) is 36.7 cm³/mol. The number of hydrogen-bond donors (Lipinski definition) is 0. The van der Waals surface area contributed by atoms with Crippen molar-refractivity contribution in [1.29, 1.82) is 5.26 Å². The van der Waals surface area contributed by atoms with E-state index in [1.165, 1.54) is 6.42 Å². The van der Waals surface area contributed by atoms with E-state index in [1.807, 2.05) is 0 Å². The zero-order chi connectivity index (χ0) is 7.45. The molecule has 0 amide bonds. The van der Waals surface area contributed by atoms with E-state index in [-0.39, 0.29) is 6.61 Å². The van der Waals surface area contributed by atoms with E-state index in [4.69, 9.17) is 5.26 Å². The van der Waals surface area contributed by atoms with Gasteiger partial charge in [0.1, 0.15) is 6.61 Å². The number of nitrogens with zero attached hydrogens (tertiary/aromatic N) is 1. The van der Waals surface area contributed by atoms with Crippen LogP contribution < -0.4 is 0 Å². The molecule has 0 saturated heterocycles. The van der Waals surface area contributed by atoms with Crippen LogP contribution in [0.15, 0.2) is 0 Å². The van der Waals surface area contributed by atoms with Crippen LogP contribution in [0.25, 0.3) is 0 Å². The second-order valence-corrected chi connectivity index (χ2v) is 3.10. The van der Waals surface area contributed by atoms with Crippen LogP contribution in [0, 0.1) is 16.7 Å². The third-order valence-corrected chi connectivity index (χ3v) is 2.32. The van der Waals surface area contributed by atoms with Crippen LogP contribution in [0.4, 0.5) is 0 Å². The van der Waals surface area contributed by atoms with Gasteiger partial charge in [0.05, 0.1) is 11.5 Å². The van der Waals surface area contributed by atoms with Gasteiger partial charge < -0.3 is 0 Å². The molecule has 1 aliphatic rings. The molecule has 55 valence electrons. The molecule has 1 aliphatic carbocycles. The molecule has 0 unspecified atom stereocenters. The van der Waals surface area contributed by atoms with Crippen LogP contribution in [-0.2, 0) is 5.11 Å². The largest absolute Gasteiger partial charge is 0.235 e. The van der Waals surface area contributed by atoms with E-state index < -0.39 is 5.41 Å². The molecule has 0 bridgehead atoms. The fraction of sp³-hybridized carbons (Fsp3) is 0.875. The highest BCUT2D eigenvalue weighted by Gasteiger charge is 2.31. The van der Waals surface area contributed by atoms with Crippen LogP contribution in [0.3, 0.4) is 0 Å². The Balaban J connectivity index is 2.55. The summed E-state index contributed by atoms with van der Waals surface area (Å²) in [6.45, 7) is -0.205. The van der Waals surface area contributed by atoms with Crippen LogP contribution in [0.2, 0.25) is 0 Å². The van der Waals surface area contributed by atoms with Crippen LogP contribution in [0.1, 0.15) is 32.1 Å². The summed E-state index contributed by atoms with van der Waals surface area (Å²) in [6.07, 6.45) is 4.98. The van der Waals surface area contributed by atoms with Gasteiger partial charge in [-0.3, -0.25) is 0 Å². The molecule has 2 heteroatoms. The molecule has 0 aromatic rings. The zero-order valence-corrected chi connectivity index (χ0v) is 6.10. The lowest BCUT2D eigenvalue weighted by Crippen LogP contribution is -2.25. The average molecular weight is 138 g/mol. The quantitative estimate of drug-likeness (QED) is 0.545. The van der Waals surface area contributed by atoms with Gasteiger partial charge in [-0.05, 0) is 12.8 Å². The first-order chi connectivity index (χ1) is 4.83. The Morgan fingerprint density at radius 1 is 1.30 bits per heavy atom. The number of hydrogen-bond acceptors (Lipinski definition) is 1. The molecule has 0 aromatic heterocycles. The van der Waals surface area contributed by atoms with Crippen LogP contribution in [0.5, 0.6) is 0 Å². The Bertz CT molecular complexity index is 142. The third kappa shape index (κ3) is 1.30. The Morgan fingerprint density at radius 3 is 2.20 bits per heavy atom. The average Bonchev–Trinajstić information content (AvgIpc) is 2.06. The standard InChI is InChI=1S/C8H12NO/c9-6-8(7-10)4-2-1-3-5-8/h1-5,7H2. The molecule has 0 aromatic carbocycles. The summed E-state index contributed by atoms with van der Waals surface area (Å²) >= 11 is 0. The molecule has 0 heterocycles. The minimum Gasteiger partial charge on any atom is -0.235 e. The summed E-state index contributed by atoms with van der Waals surface area (Å²) in [5, 5.41) is 19.3. The van der Waals surface area contributed by atoms with Gasteiger partial charge in [0.25, 0.3) is 0 Å². The first kappa shape index (κ1) is 7.56. The molecule has 0 aliphatic heterocycles. The Kier molecular flexibility index (Phi) is 2.29. The molecular weight excluding hydrogens is 126 g/mol. The molecular formula is C8H12NO. The maximum Gasteiger partial charge on any atom is 0.101 e. The summed E-state index contributed by atoms with van der Waals surface area (Å²) in [5.74, 6) is 0. The van der Waals surface area contributed by atoms with Gasteiger partial charge in [0.2, 0.25) is 0 Å². The normalized spacial score (nSPS) is 23.6. The topological polar surface area (TPSA) is 43.7 Å². The van der Waals surface area contributed by atoms with Crippen LogP contribution >= 0.6 is 0 Å². The molecule has 1 fully saturated rings. The molecule has 0 atom stereocenters. The van der Waals surface area contributed by atoms with Gasteiger partial charge in [-0.1, -0.05) is 19.3 Å². The van der Waals surface area contributed by atoms with E-state index in [0.29, 0.717) is 0 Å². The van der Waals surface area contributed by atoms with Crippen molar-refractivity contribution in [2.24, 2.45) is 5.41 Å². The smallest absolute Gasteiger partial charge is 0.101 e.